The Morgan fingerprint density at radius 3 is 2.28 bits per heavy atom. The number of imide groups is 1. The summed E-state index contributed by atoms with van der Waals surface area (Å²) in [5.41, 5.74) is 2.71. The Hall–Kier alpha value is -2.98. The second kappa shape index (κ2) is 11.3. The topological polar surface area (TPSA) is 96.5 Å². The van der Waals surface area contributed by atoms with Gasteiger partial charge in [0, 0.05) is 70.4 Å². The zero-order chi connectivity index (χ0) is 26.9. The fourth-order valence-electron chi connectivity index (χ4n) is 6.99. The number of hydrogen-bond acceptors (Lipinski definition) is 6. The number of rotatable bonds is 4. The Morgan fingerprint density at radius 2 is 1.56 bits per heavy atom. The summed E-state index contributed by atoms with van der Waals surface area (Å²) in [7, 11) is 0. The second-order valence-electron chi connectivity index (χ2n) is 11.8. The lowest BCUT2D eigenvalue weighted by molar-refractivity contribution is -0.136. The molecule has 5 aliphatic heterocycles. The van der Waals surface area contributed by atoms with Crippen LogP contribution in [0.25, 0.3) is 0 Å². The van der Waals surface area contributed by atoms with Gasteiger partial charge >= 0.3 is 6.03 Å². The molecule has 210 valence electrons. The molecule has 5 amide bonds. The fraction of sp³-hybridized carbons (Fsp3) is 0.655. The van der Waals surface area contributed by atoms with Crippen molar-refractivity contribution < 1.29 is 19.2 Å². The molecule has 1 N–H and O–H groups in total. The molecule has 4 fully saturated rings. The highest BCUT2D eigenvalue weighted by Gasteiger charge is 2.39. The average Bonchev–Trinajstić information content (AvgIpc) is 3.29. The highest BCUT2D eigenvalue weighted by atomic mass is 16.2. The van der Waals surface area contributed by atoms with Crippen molar-refractivity contribution in [2.75, 3.05) is 52.4 Å². The van der Waals surface area contributed by atoms with Gasteiger partial charge in [0.05, 0.1) is 0 Å². The number of fused-ring (bicyclic) bond motifs is 1. The number of carbonyl (C=O) groups is 4. The highest BCUT2D eigenvalue weighted by molar-refractivity contribution is 6.05. The number of carbonyl (C=O) groups excluding carboxylic acids is 4. The van der Waals surface area contributed by atoms with Crippen molar-refractivity contribution in [2.45, 2.75) is 70.1 Å². The molecular weight excluding hydrogens is 496 g/mol. The SMILES string of the molecule is O=C1CCC(N2Cc3cc(CN4CCN(C(=O)N5CCC(N6CCCCC6)CC5)CC4)ccc3C2=O)C(=O)N1. The lowest BCUT2D eigenvalue weighted by Crippen LogP contribution is -2.55. The molecular formula is C29H40N6O4. The van der Waals surface area contributed by atoms with Gasteiger partial charge in [0.2, 0.25) is 11.8 Å². The van der Waals surface area contributed by atoms with Crippen LogP contribution in [0.2, 0.25) is 0 Å². The van der Waals surface area contributed by atoms with E-state index in [9.17, 15) is 19.2 Å². The first-order valence-corrected chi connectivity index (χ1v) is 14.7. The normalized spacial score (nSPS) is 25.7. The molecule has 5 aliphatic rings. The van der Waals surface area contributed by atoms with Crippen LogP contribution in [-0.4, -0.2) is 113 Å². The molecule has 5 heterocycles. The molecule has 1 atom stereocenters. The molecule has 10 heteroatoms. The van der Waals surface area contributed by atoms with Crippen LogP contribution in [-0.2, 0) is 22.7 Å². The summed E-state index contributed by atoms with van der Waals surface area (Å²) in [6.07, 6.45) is 6.79. The summed E-state index contributed by atoms with van der Waals surface area (Å²) in [6.45, 7) is 8.46. The maximum atomic E-state index is 13.2. The summed E-state index contributed by atoms with van der Waals surface area (Å²) < 4.78 is 0. The first-order chi connectivity index (χ1) is 19.0. The maximum absolute atomic E-state index is 13.2. The Kier molecular flexibility index (Phi) is 7.57. The van der Waals surface area contributed by atoms with Crippen molar-refractivity contribution in [2.24, 2.45) is 0 Å². The van der Waals surface area contributed by atoms with E-state index in [4.69, 9.17) is 0 Å². The van der Waals surface area contributed by atoms with E-state index >= 15 is 0 Å². The van der Waals surface area contributed by atoms with Crippen molar-refractivity contribution in [1.82, 2.24) is 29.8 Å². The van der Waals surface area contributed by atoms with Gasteiger partial charge in [-0.25, -0.2) is 4.79 Å². The van der Waals surface area contributed by atoms with Gasteiger partial charge < -0.3 is 19.6 Å². The van der Waals surface area contributed by atoms with Gasteiger partial charge in [0.15, 0.2) is 0 Å². The number of nitrogens with one attached hydrogen (secondary N) is 1. The Morgan fingerprint density at radius 1 is 0.846 bits per heavy atom. The van der Waals surface area contributed by atoms with E-state index in [1.165, 1.54) is 32.4 Å². The Balaban J connectivity index is 0.979. The van der Waals surface area contributed by atoms with Crippen LogP contribution in [0, 0.1) is 0 Å². The van der Waals surface area contributed by atoms with Gasteiger partial charge in [-0.05, 0) is 62.4 Å². The third kappa shape index (κ3) is 5.54. The molecule has 0 aliphatic carbocycles. The lowest BCUT2D eigenvalue weighted by Gasteiger charge is -2.42. The molecule has 1 aromatic carbocycles. The first kappa shape index (κ1) is 26.3. The van der Waals surface area contributed by atoms with E-state index in [0.29, 0.717) is 24.6 Å². The zero-order valence-corrected chi connectivity index (χ0v) is 22.8. The predicted octanol–water partition coefficient (Wildman–Crippen LogP) is 1.64. The molecule has 6 rings (SSSR count). The quantitative estimate of drug-likeness (QED) is 0.588. The summed E-state index contributed by atoms with van der Waals surface area (Å²) in [6, 6.07) is 6.18. The number of nitrogens with zero attached hydrogens (tertiary/aromatic N) is 5. The van der Waals surface area contributed by atoms with Crippen LogP contribution in [0.1, 0.15) is 66.4 Å². The molecule has 4 saturated heterocycles. The zero-order valence-electron chi connectivity index (χ0n) is 22.8. The minimum Gasteiger partial charge on any atom is -0.325 e. The minimum absolute atomic E-state index is 0.141. The van der Waals surface area contributed by atoms with Crippen molar-refractivity contribution in [3.05, 3.63) is 34.9 Å². The van der Waals surface area contributed by atoms with E-state index in [1.54, 1.807) is 4.90 Å². The first-order valence-electron chi connectivity index (χ1n) is 14.7. The summed E-state index contributed by atoms with van der Waals surface area (Å²) >= 11 is 0. The Bertz CT molecular complexity index is 1120. The molecule has 0 radical (unpaired) electrons. The van der Waals surface area contributed by atoms with Crippen LogP contribution in [0.15, 0.2) is 18.2 Å². The number of amides is 5. The van der Waals surface area contributed by atoms with Crippen LogP contribution in [0.3, 0.4) is 0 Å². The number of benzene rings is 1. The summed E-state index contributed by atoms with van der Waals surface area (Å²) in [5, 5.41) is 2.36. The van der Waals surface area contributed by atoms with E-state index < -0.39 is 6.04 Å². The largest absolute Gasteiger partial charge is 0.325 e. The molecule has 0 aromatic heterocycles. The lowest BCUT2D eigenvalue weighted by atomic mass is 10.00. The van der Waals surface area contributed by atoms with Crippen molar-refractivity contribution in [3.63, 3.8) is 0 Å². The average molecular weight is 537 g/mol. The second-order valence-corrected chi connectivity index (χ2v) is 11.8. The number of urea groups is 1. The van der Waals surface area contributed by atoms with E-state index in [1.807, 2.05) is 17.0 Å². The third-order valence-electron chi connectivity index (χ3n) is 9.28. The maximum Gasteiger partial charge on any atom is 0.320 e. The highest BCUT2D eigenvalue weighted by Crippen LogP contribution is 2.29. The number of piperidine rings is 3. The summed E-state index contributed by atoms with van der Waals surface area (Å²) in [5.74, 6) is -0.800. The van der Waals surface area contributed by atoms with E-state index in [0.717, 1.165) is 69.8 Å². The molecule has 0 spiro atoms. The number of likely N-dealkylation sites (tertiary alicyclic amines) is 2. The number of piperazine rings is 1. The van der Waals surface area contributed by atoms with Crippen molar-refractivity contribution >= 4 is 23.8 Å². The van der Waals surface area contributed by atoms with Gasteiger partial charge in [-0.1, -0.05) is 18.6 Å². The van der Waals surface area contributed by atoms with Gasteiger partial charge in [0.1, 0.15) is 6.04 Å². The standard InChI is InChI=1S/C29H40N6O4/c36-26-7-6-25(27(37)30-26)35-20-22-18-21(4-5-24(22)28(35)38)19-31-14-16-34(17-15-31)29(39)33-12-8-23(9-13-33)32-10-2-1-3-11-32/h4-5,18,23,25H,1-3,6-17,19-20H2,(H,30,36,37). The van der Waals surface area contributed by atoms with E-state index in [-0.39, 0.29) is 30.2 Å². The van der Waals surface area contributed by atoms with E-state index in [2.05, 4.69) is 26.1 Å². The molecule has 1 aromatic rings. The van der Waals surface area contributed by atoms with Gasteiger partial charge in [-0.15, -0.1) is 0 Å². The Labute approximate surface area is 230 Å². The van der Waals surface area contributed by atoms with Gasteiger partial charge in [0.25, 0.3) is 5.91 Å². The number of hydrogen-bond donors (Lipinski definition) is 1. The monoisotopic (exact) mass is 536 g/mol. The molecule has 0 bridgehead atoms. The van der Waals surface area contributed by atoms with Crippen LogP contribution >= 0.6 is 0 Å². The molecule has 39 heavy (non-hydrogen) atoms. The fourth-order valence-corrected chi connectivity index (χ4v) is 6.99. The smallest absolute Gasteiger partial charge is 0.320 e. The van der Waals surface area contributed by atoms with Crippen molar-refractivity contribution in [3.8, 4) is 0 Å². The third-order valence-corrected chi connectivity index (χ3v) is 9.28. The van der Waals surface area contributed by atoms with Crippen molar-refractivity contribution in [1.29, 1.82) is 0 Å². The van der Waals surface area contributed by atoms with Gasteiger partial charge in [-0.2, -0.15) is 0 Å². The van der Waals surface area contributed by atoms with Crippen LogP contribution in [0.4, 0.5) is 4.79 Å². The van der Waals surface area contributed by atoms with Crippen LogP contribution < -0.4 is 5.32 Å². The van der Waals surface area contributed by atoms with Crippen LogP contribution in [0.5, 0.6) is 0 Å². The molecule has 10 nitrogen and oxygen atoms in total. The minimum atomic E-state index is -0.591. The molecule has 0 saturated carbocycles. The summed E-state index contributed by atoms with van der Waals surface area (Å²) in [4.78, 5) is 60.6. The van der Waals surface area contributed by atoms with Gasteiger partial charge in [-0.3, -0.25) is 24.6 Å². The predicted molar refractivity (Wildman–Crippen MR) is 145 cm³/mol. The molecule has 1 unspecified atom stereocenters.